The molecule has 0 aliphatic carbocycles. The van der Waals surface area contributed by atoms with Gasteiger partial charge in [-0.15, -0.1) is 0 Å². The highest BCUT2D eigenvalue weighted by molar-refractivity contribution is 5.91. The lowest BCUT2D eigenvalue weighted by Gasteiger charge is -2.29. The Kier molecular flexibility index (Phi) is 6.86. The van der Waals surface area contributed by atoms with E-state index < -0.39 is 30.1 Å². The lowest BCUT2D eigenvalue weighted by Crippen LogP contribution is -2.50. The number of aliphatic hydroxyl groups is 2. The number of likely N-dealkylation sites (tertiary alicyclic amines) is 1. The molecule has 2 amide bonds. The van der Waals surface area contributed by atoms with Gasteiger partial charge in [-0.2, -0.15) is 5.10 Å². The van der Waals surface area contributed by atoms with Crippen molar-refractivity contribution in [1.82, 2.24) is 20.0 Å². The maximum Gasteiger partial charge on any atom is 0.255 e. The summed E-state index contributed by atoms with van der Waals surface area (Å²) >= 11 is 0. The summed E-state index contributed by atoms with van der Waals surface area (Å²) in [6.45, 7) is 2.25. The number of rotatable bonds is 7. The summed E-state index contributed by atoms with van der Waals surface area (Å²) in [7, 11) is 0. The molecule has 172 valence electrons. The number of hydrogen-bond donors (Lipinski definition) is 3. The van der Waals surface area contributed by atoms with Crippen LogP contribution < -0.4 is 5.32 Å². The van der Waals surface area contributed by atoms with Gasteiger partial charge in [0.15, 0.2) is 12.2 Å². The van der Waals surface area contributed by atoms with Gasteiger partial charge in [-0.25, -0.2) is 4.68 Å². The zero-order valence-electron chi connectivity index (χ0n) is 18.4. The van der Waals surface area contributed by atoms with Crippen molar-refractivity contribution in [3.8, 4) is 5.69 Å². The Morgan fingerprint density at radius 2 is 1.76 bits per heavy atom. The summed E-state index contributed by atoms with van der Waals surface area (Å²) < 4.78 is 1.72. The molecule has 8 nitrogen and oxygen atoms in total. The summed E-state index contributed by atoms with van der Waals surface area (Å²) in [5, 5.41) is 27.8. The fourth-order valence-corrected chi connectivity index (χ4v) is 4.22. The number of nitrogens with one attached hydrogen (secondary N) is 1. The molecule has 1 aliphatic heterocycles. The number of amides is 2. The van der Waals surface area contributed by atoms with Gasteiger partial charge in [0.1, 0.15) is 0 Å². The van der Waals surface area contributed by atoms with Crippen LogP contribution in [0.3, 0.4) is 0 Å². The molecule has 2 aromatic carbocycles. The van der Waals surface area contributed by atoms with E-state index in [1.807, 2.05) is 66.9 Å². The minimum atomic E-state index is -1.86. The molecule has 1 saturated heterocycles. The molecule has 0 bridgehead atoms. The zero-order valence-corrected chi connectivity index (χ0v) is 18.4. The Morgan fingerprint density at radius 3 is 2.42 bits per heavy atom. The first-order valence-electron chi connectivity index (χ1n) is 11.1. The summed E-state index contributed by atoms with van der Waals surface area (Å²) in [6, 6.07) is 18.3. The lowest BCUT2D eigenvalue weighted by atomic mass is 10.0. The minimum absolute atomic E-state index is 0.171. The number of carbonyl (C=O) groups excluding carboxylic acids is 2. The van der Waals surface area contributed by atoms with Gasteiger partial charge in [0, 0.05) is 18.9 Å². The molecular weight excluding hydrogens is 420 g/mol. The van der Waals surface area contributed by atoms with Crippen LogP contribution in [0.25, 0.3) is 5.69 Å². The number of benzene rings is 2. The highest BCUT2D eigenvalue weighted by atomic mass is 16.3. The van der Waals surface area contributed by atoms with Crippen LogP contribution in [0.1, 0.15) is 43.0 Å². The van der Waals surface area contributed by atoms with Crippen molar-refractivity contribution in [3.05, 3.63) is 84.2 Å². The molecule has 1 fully saturated rings. The third-order valence-corrected chi connectivity index (χ3v) is 6.06. The van der Waals surface area contributed by atoms with Crippen molar-refractivity contribution in [1.29, 1.82) is 0 Å². The summed E-state index contributed by atoms with van der Waals surface area (Å²) in [4.78, 5) is 27.0. The minimum Gasteiger partial charge on any atom is -0.380 e. The Balaban J connectivity index is 1.37. The molecule has 0 radical (unpaired) electrons. The van der Waals surface area contributed by atoms with Gasteiger partial charge < -0.3 is 20.4 Å². The van der Waals surface area contributed by atoms with E-state index in [1.54, 1.807) is 22.7 Å². The second-order valence-electron chi connectivity index (χ2n) is 8.26. The Morgan fingerprint density at radius 1 is 1.03 bits per heavy atom. The first-order chi connectivity index (χ1) is 16.0. The topological polar surface area (TPSA) is 108 Å². The zero-order chi connectivity index (χ0) is 23.4. The van der Waals surface area contributed by atoms with E-state index in [-0.39, 0.29) is 6.04 Å². The molecule has 8 heteroatoms. The highest BCUT2D eigenvalue weighted by Gasteiger charge is 2.38. The summed E-state index contributed by atoms with van der Waals surface area (Å²) in [5.41, 5.74) is 2.67. The molecule has 4 rings (SSSR count). The van der Waals surface area contributed by atoms with E-state index >= 15 is 0 Å². The van der Waals surface area contributed by atoms with Gasteiger partial charge in [0.05, 0.1) is 17.8 Å². The molecule has 0 saturated carbocycles. The number of aliphatic hydroxyl groups excluding tert-OH is 2. The van der Waals surface area contributed by atoms with E-state index in [9.17, 15) is 19.8 Å². The average Bonchev–Trinajstić information content (AvgIpc) is 3.56. The quantitative estimate of drug-likeness (QED) is 0.513. The van der Waals surface area contributed by atoms with Gasteiger partial charge in [-0.3, -0.25) is 9.59 Å². The molecule has 3 N–H and O–H groups in total. The van der Waals surface area contributed by atoms with Crippen molar-refractivity contribution < 1.29 is 19.8 Å². The second kappa shape index (κ2) is 9.97. The maximum absolute atomic E-state index is 12.9. The smallest absolute Gasteiger partial charge is 0.255 e. The molecule has 33 heavy (non-hydrogen) atoms. The molecule has 3 aromatic rings. The average molecular weight is 449 g/mol. The second-order valence-corrected chi connectivity index (χ2v) is 8.26. The first-order valence-corrected chi connectivity index (χ1v) is 11.1. The Hall–Kier alpha value is -3.49. The van der Waals surface area contributed by atoms with Gasteiger partial charge in [-0.05, 0) is 49.1 Å². The normalized spacial score (nSPS) is 18.5. The van der Waals surface area contributed by atoms with Crippen molar-refractivity contribution in [2.75, 3.05) is 6.54 Å². The van der Waals surface area contributed by atoms with Crippen LogP contribution in [0.5, 0.6) is 0 Å². The number of aromatic nitrogens is 2. The predicted molar refractivity (Wildman–Crippen MR) is 122 cm³/mol. The van der Waals surface area contributed by atoms with Crippen LogP contribution in [0, 0.1) is 0 Å². The molecule has 2 heterocycles. The van der Waals surface area contributed by atoms with Crippen LogP contribution in [0.15, 0.2) is 73.1 Å². The number of nitrogens with zero attached hydrogens (tertiary/aromatic N) is 3. The molecule has 3 unspecified atom stereocenters. The van der Waals surface area contributed by atoms with Crippen LogP contribution in [-0.4, -0.2) is 55.5 Å². The predicted octanol–water partition coefficient (Wildman–Crippen LogP) is 2.13. The summed E-state index contributed by atoms with van der Waals surface area (Å²) in [5.74, 6) is -1.44. The van der Waals surface area contributed by atoms with Crippen molar-refractivity contribution in [2.45, 2.75) is 44.1 Å². The fourth-order valence-electron chi connectivity index (χ4n) is 4.22. The third-order valence-electron chi connectivity index (χ3n) is 6.06. The highest BCUT2D eigenvalue weighted by Crippen LogP contribution is 2.32. The van der Waals surface area contributed by atoms with Crippen LogP contribution in [0.4, 0.5) is 0 Å². The SMILES string of the molecule is CC(NC(=O)C(O)[C@@H](O)C(=O)N1CCCC1c1ccccc1)c1ccc(-n2cccn2)cc1. The van der Waals surface area contributed by atoms with E-state index in [1.165, 1.54) is 0 Å². The molecule has 1 aromatic heterocycles. The number of hydrogen-bond acceptors (Lipinski definition) is 5. The third kappa shape index (κ3) is 4.97. The van der Waals surface area contributed by atoms with Crippen molar-refractivity contribution in [3.63, 3.8) is 0 Å². The molecule has 4 atom stereocenters. The number of carbonyl (C=O) groups is 2. The Labute approximate surface area is 192 Å². The van der Waals surface area contributed by atoms with E-state index in [2.05, 4.69) is 10.4 Å². The van der Waals surface area contributed by atoms with E-state index in [0.717, 1.165) is 29.7 Å². The molecular formula is C25H28N4O4. The van der Waals surface area contributed by atoms with Gasteiger partial charge in [0.25, 0.3) is 11.8 Å². The maximum atomic E-state index is 12.9. The van der Waals surface area contributed by atoms with E-state index in [0.29, 0.717) is 6.54 Å². The molecule has 0 spiro atoms. The van der Waals surface area contributed by atoms with Crippen molar-refractivity contribution >= 4 is 11.8 Å². The first kappa shape index (κ1) is 22.7. The van der Waals surface area contributed by atoms with Crippen LogP contribution in [0.2, 0.25) is 0 Å². The summed E-state index contributed by atoms with van der Waals surface area (Å²) in [6.07, 6.45) is 1.40. The van der Waals surface area contributed by atoms with Gasteiger partial charge in [-0.1, -0.05) is 42.5 Å². The standard InChI is InChI=1S/C25H28N4O4/c1-17(18-10-12-20(13-11-18)29-16-6-14-26-29)27-24(32)22(30)23(31)25(33)28-15-5-9-21(28)19-7-3-2-4-8-19/h2-4,6-8,10-14,16-17,21-23,30-31H,5,9,15H2,1H3,(H,27,32)/t17?,21?,22?,23-/m1/s1. The van der Waals surface area contributed by atoms with Crippen molar-refractivity contribution in [2.24, 2.45) is 0 Å². The fraction of sp³-hybridized carbons (Fsp3) is 0.320. The van der Waals surface area contributed by atoms with Gasteiger partial charge >= 0.3 is 0 Å². The van der Waals surface area contributed by atoms with Crippen LogP contribution in [-0.2, 0) is 9.59 Å². The Bertz CT molecular complexity index is 1070. The van der Waals surface area contributed by atoms with Crippen LogP contribution >= 0.6 is 0 Å². The largest absolute Gasteiger partial charge is 0.380 e. The lowest BCUT2D eigenvalue weighted by molar-refractivity contribution is -0.154. The van der Waals surface area contributed by atoms with Gasteiger partial charge in [0.2, 0.25) is 0 Å². The monoisotopic (exact) mass is 448 g/mol. The van der Waals surface area contributed by atoms with E-state index in [4.69, 9.17) is 0 Å². The molecule has 1 aliphatic rings.